The Hall–Kier alpha value is -1.10. The van der Waals surface area contributed by atoms with Gasteiger partial charge < -0.3 is 14.7 Å². The monoisotopic (exact) mass is 297 g/mol. The van der Waals surface area contributed by atoms with Crippen LogP contribution in [0.4, 0.5) is 0 Å². The van der Waals surface area contributed by atoms with Crippen molar-refractivity contribution in [2.75, 3.05) is 26.8 Å². The summed E-state index contributed by atoms with van der Waals surface area (Å²) in [5.41, 5.74) is 0.607. The molecule has 0 spiro atoms. The van der Waals surface area contributed by atoms with Crippen molar-refractivity contribution in [1.29, 1.82) is 0 Å². The third kappa shape index (κ3) is 3.51. The van der Waals surface area contributed by atoms with E-state index in [0.717, 1.165) is 5.56 Å². The first-order chi connectivity index (χ1) is 9.41. The van der Waals surface area contributed by atoms with Crippen molar-refractivity contribution in [3.63, 3.8) is 0 Å². The van der Waals surface area contributed by atoms with Crippen LogP contribution < -0.4 is 0 Å². The second-order valence-corrected chi connectivity index (χ2v) is 5.89. The van der Waals surface area contributed by atoms with E-state index in [1.54, 1.807) is 24.1 Å². The molecule has 4 nitrogen and oxygen atoms in total. The number of amides is 1. The average molecular weight is 298 g/mol. The van der Waals surface area contributed by atoms with Crippen LogP contribution in [0.3, 0.4) is 0 Å². The fourth-order valence-electron chi connectivity index (χ4n) is 2.45. The summed E-state index contributed by atoms with van der Waals surface area (Å²) in [5.74, 6) is -0.120. The van der Waals surface area contributed by atoms with Crippen LogP contribution in [0.2, 0.25) is 5.02 Å². The number of benzene rings is 1. The molecule has 1 aliphatic rings. The summed E-state index contributed by atoms with van der Waals surface area (Å²) in [6.07, 6.45) is 1.11. The molecule has 0 aliphatic carbocycles. The lowest BCUT2D eigenvalue weighted by Crippen LogP contribution is -2.47. The second-order valence-electron chi connectivity index (χ2n) is 5.46. The van der Waals surface area contributed by atoms with Crippen LogP contribution in [0.5, 0.6) is 0 Å². The molecule has 110 valence electrons. The molecule has 0 unspecified atom stereocenters. The summed E-state index contributed by atoms with van der Waals surface area (Å²) in [4.78, 5) is 14.0. The van der Waals surface area contributed by atoms with Crippen molar-refractivity contribution in [3.05, 3.63) is 34.3 Å². The quantitative estimate of drug-likeness (QED) is 0.931. The second kappa shape index (κ2) is 6.12. The number of likely N-dealkylation sites (N-methyl/N-ethyl adjacent to an activating group) is 1. The molecule has 1 aliphatic heterocycles. The topological polar surface area (TPSA) is 49.8 Å². The maximum atomic E-state index is 12.5. The van der Waals surface area contributed by atoms with E-state index in [-0.39, 0.29) is 5.91 Å². The van der Waals surface area contributed by atoms with Gasteiger partial charge in [-0.3, -0.25) is 4.79 Å². The minimum Gasteiger partial charge on any atom is -0.388 e. The first-order valence-corrected chi connectivity index (χ1v) is 7.11. The molecule has 0 radical (unpaired) electrons. The predicted molar refractivity (Wildman–Crippen MR) is 78.2 cm³/mol. The smallest absolute Gasteiger partial charge is 0.254 e. The van der Waals surface area contributed by atoms with Gasteiger partial charge in [-0.15, -0.1) is 0 Å². The van der Waals surface area contributed by atoms with E-state index in [1.165, 1.54) is 0 Å². The summed E-state index contributed by atoms with van der Waals surface area (Å²) >= 11 is 5.95. The third-order valence-corrected chi connectivity index (χ3v) is 3.97. The summed E-state index contributed by atoms with van der Waals surface area (Å²) in [6, 6.07) is 5.26. The summed E-state index contributed by atoms with van der Waals surface area (Å²) in [6.45, 7) is 3.26. The van der Waals surface area contributed by atoms with Crippen LogP contribution >= 0.6 is 11.6 Å². The van der Waals surface area contributed by atoms with Crippen molar-refractivity contribution >= 4 is 17.5 Å². The van der Waals surface area contributed by atoms with Gasteiger partial charge in [0.1, 0.15) is 0 Å². The number of aryl methyl sites for hydroxylation is 1. The SMILES string of the molecule is Cc1ccc(Cl)cc1C(=O)N(C)CC1(O)CCOCC1. The van der Waals surface area contributed by atoms with E-state index in [9.17, 15) is 9.90 Å². The molecule has 1 aromatic carbocycles. The molecule has 5 heteroatoms. The molecule has 20 heavy (non-hydrogen) atoms. The van der Waals surface area contributed by atoms with Crippen LogP contribution in [0.25, 0.3) is 0 Å². The van der Waals surface area contributed by atoms with Crippen LogP contribution in [0, 0.1) is 6.92 Å². The zero-order valence-corrected chi connectivity index (χ0v) is 12.6. The molecule has 0 aromatic heterocycles. The molecule has 1 aromatic rings. The molecular weight excluding hydrogens is 278 g/mol. The zero-order chi connectivity index (χ0) is 14.8. The summed E-state index contributed by atoms with van der Waals surface area (Å²) in [7, 11) is 1.70. The largest absolute Gasteiger partial charge is 0.388 e. The molecule has 0 atom stereocenters. The van der Waals surface area contributed by atoms with E-state index < -0.39 is 5.60 Å². The van der Waals surface area contributed by atoms with E-state index in [0.29, 0.717) is 43.2 Å². The highest BCUT2D eigenvalue weighted by molar-refractivity contribution is 6.31. The fourth-order valence-corrected chi connectivity index (χ4v) is 2.63. The van der Waals surface area contributed by atoms with E-state index in [2.05, 4.69) is 0 Å². The van der Waals surface area contributed by atoms with Gasteiger partial charge >= 0.3 is 0 Å². The Morgan fingerprint density at radius 1 is 1.45 bits per heavy atom. The Morgan fingerprint density at radius 2 is 2.10 bits per heavy atom. The zero-order valence-electron chi connectivity index (χ0n) is 11.9. The fraction of sp³-hybridized carbons (Fsp3) is 0.533. The van der Waals surface area contributed by atoms with Crippen molar-refractivity contribution < 1.29 is 14.6 Å². The molecule has 2 rings (SSSR count). The molecule has 1 heterocycles. The first kappa shape index (κ1) is 15.3. The lowest BCUT2D eigenvalue weighted by Gasteiger charge is -2.35. The first-order valence-electron chi connectivity index (χ1n) is 6.73. The molecule has 1 amide bonds. The highest BCUT2D eigenvalue weighted by atomic mass is 35.5. The Balaban J connectivity index is 2.10. The van der Waals surface area contributed by atoms with Crippen LogP contribution in [0.15, 0.2) is 18.2 Å². The van der Waals surface area contributed by atoms with Crippen molar-refractivity contribution in [2.24, 2.45) is 0 Å². The van der Waals surface area contributed by atoms with Gasteiger partial charge in [-0.25, -0.2) is 0 Å². The lowest BCUT2D eigenvalue weighted by atomic mass is 9.93. The number of hydrogen-bond donors (Lipinski definition) is 1. The van der Waals surface area contributed by atoms with E-state index >= 15 is 0 Å². The molecule has 0 saturated carbocycles. The summed E-state index contributed by atoms with van der Waals surface area (Å²) in [5, 5.41) is 11.0. The maximum Gasteiger partial charge on any atom is 0.254 e. The van der Waals surface area contributed by atoms with Gasteiger partial charge in [-0.05, 0) is 24.6 Å². The Bertz CT molecular complexity index is 498. The average Bonchev–Trinajstić information content (AvgIpc) is 2.41. The van der Waals surface area contributed by atoms with Gasteiger partial charge in [0.15, 0.2) is 0 Å². The van der Waals surface area contributed by atoms with Crippen LogP contribution in [-0.2, 0) is 4.74 Å². The van der Waals surface area contributed by atoms with Crippen LogP contribution in [-0.4, -0.2) is 48.3 Å². The van der Waals surface area contributed by atoms with Gasteiger partial charge in [-0.1, -0.05) is 17.7 Å². The van der Waals surface area contributed by atoms with Crippen molar-refractivity contribution in [3.8, 4) is 0 Å². The number of carbonyl (C=O) groups is 1. The normalized spacial score (nSPS) is 17.8. The standard InChI is InChI=1S/C15H20ClNO3/c1-11-3-4-12(16)9-13(11)14(18)17(2)10-15(19)5-7-20-8-6-15/h3-4,9,19H,5-8,10H2,1-2H3. The van der Waals surface area contributed by atoms with Gasteiger partial charge in [0.25, 0.3) is 5.91 Å². The number of rotatable bonds is 3. The van der Waals surface area contributed by atoms with Crippen molar-refractivity contribution in [2.45, 2.75) is 25.4 Å². The number of nitrogens with zero attached hydrogens (tertiary/aromatic N) is 1. The highest BCUT2D eigenvalue weighted by Crippen LogP contribution is 2.23. The van der Waals surface area contributed by atoms with Gasteiger partial charge in [0.05, 0.1) is 5.60 Å². The van der Waals surface area contributed by atoms with Gasteiger partial charge in [0, 0.05) is 50.2 Å². The minimum atomic E-state index is -0.852. The Labute approximate surface area is 124 Å². The van der Waals surface area contributed by atoms with Gasteiger partial charge in [-0.2, -0.15) is 0 Å². The number of hydrogen-bond acceptors (Lipinski definition) is 3. The molecule has 1 N–H and O–H groups in total. The summed E-state index contributed by atoms with van der Waals surface area (Å²) < 4.78 is 5.25. The van der Waals surface area contributed by atoms with Crippen molar-refractivity contribution in [1.82, 2.24) is 4.90 Å². The van der Waals surface area contributed by atoms with Gasteiger partial charge in [0.2, 0.25) is 0 Å². The Kier molecular flexibility index (Phi) is 4.68. The van der Waals surface area contributed by atoms with Crippen LogP contribution in [0.1, 0.15) is 28.8 Å². The highest BCUT2D eigenvalue weighted by Gasteiger charge is 2.32. The van der Waals surface area contributed by atoms with E-state index in [1.807, 2.05) is 13.0 Å². The predicted octanol–water partition coefficient (Wildman–Crippen LogP) is 2.26. The number of ether oxygens (including phenoxy) is 1. The minimum absolute atomic E-state index is 0.120. The number of carbonyl (C=O) groups excluding carboxylic acids is 1. The Morgan fingerprint density at radius 3 is 2.75 bits per heavy atom. The number of aliphatic hydroxyl groups is 1. The number of halogens is 1. The van der Waals surface area contributed by atoms with E-state index in [4.69, 9.17) is 16.3 Å². The molecular formula is C15H20ClNO3. The maximum absolute atomic E-state index is 12.5. The third-order valence-electron chi connectivity index (χ3n) is 3.73. The molecule has 0 bridgehead atoms. The lowest BCUT2D eigenvalue weighted by molar-refractivity contribution is -0.0734. The molecule has 1 saturated heterocycles. The molecule has 1 fully saturated rings.